The van der Waals surface area contributed by atoms with E-state index in [0.717, 1.165) is 16.3 Å². The second-order valence-electron chi connectivity index (χ2n) is 5.32. The molecule has 0 aliphatic rings. The van der Waals surface area contributed by atoms with Gasteiger partial charge >= 0.3 is 0 Å². The van der Waals surface area contributed by atoms with Crippen molar-refractivity contribution in [2.45, 2.75) is 13.5 Å². The van der Waals surface area contributed by atoms with Gasteiger partial charge in [0.25, 0.3) is 0 Å². The van der Waals surface area contributed by atoms with Gasteiger partial charge in [0.2, 0.25) is 4.96 Å². The first-order valence-corrected chi connectivity index (χ1v) is 8.17. The van der Waals surface area contributed by atoms with Crippen LogP contribution in [0.5, 0.6) is 5.75 Å². The SMILES string of the molecule is Cc1ccc(OCc2nn3c(-c4ccc(F)cc4)nnc3s2)cc1. The van der Waals surface area contributed by atoms with Gasteiger partial charge < -0.3 is 4.74 Å². The number of hydrogen-bond acceptors (Lipinski definition) is 5. The summed E-state index contributed by atoms with van der Waals surface area (Å²) in [6, 6.07) is 14.0. The molecule has 0 aliphatic heterocycles. The van der Waals surface area contributed by atoms with E-state index in [1.807, 2.05) is 31.2 Å². The molecule has 2 aromatic carbocycles. The van der Waals surface area contributed by atoms with Crippen molar-refractivity contribution in [3.05, 3.63) is 64.9 Å². The Morgan fingerprint density at radius 1 is 1.04 bits per heavy atom. The first-order chi connectivity index (χ1) is 11.7. The lowest BCUT2D eigenvalue weighted by atomic mass is 10.2. The topological polar surface area (TPSA) is 52.3 Å². The van der Waals surface area contributed by atoms with Gasteiger partial charge in [-0.15, -0.1) is 10.2 Å². The van der Waals surface area contributed by atoms with Gasteiger partial charge in [0, 0.05) is 5.56 Å². The zero-order chi connectivity index (χ0) is 16.5. The number of ether oxygens (including phenoxy) is 1. The molecule has 0 atom stereocenters. The van der Waals surface area contributed by atoms with Gasteiger partial charge in [0.05, 0.1) is 0 Å². The maximum absolute atomic E-state index is 13.1. The van der Waals surface area contributed by atoms with Gasteiger partial charge in [0.1, 0.15) is 18.2 Å². The van der Waals surface area contributed by atoms with Crippen molar-refractivity contribution in [3.8, 4) is 17.1 Å². The van der Waals surface area contributed by atoms with E-state index in [9.17, 15) is 4.39 Å². The number of rotatable bonds is 4. The monoisotopic (exact) mass is 340 g/mol. The molecule has 0 unspecified atom stereocenters. The largest absolute Gasteiger partial charge is 0.486 e. The summed E-state index contributed by atoms with van der Waals surface area (Å²) in [6.45, 7) is 2.39. The van der Waals surface area contributed by atoms with Crippen LogP contribution in [0.25, 0.3) is 16.3 Å². The van der Waals surface area contributed by atoms with Gasteiger partial charge in [-0.25, -0.2) is 4.39 Å². The van der Waals surface area contributed by atoms with E-state index >= 15 is 0 Å². The number of aryl methyl sites for hydroxylation is 1. The van der Waals surface area contributed by atoms with Crippen LogP contribution in [0.15, 0.2) is 48.5 Å². The van der Waals surface area contributed by atoms with Crippen molar-refractivity contribution in [1.82, 2.24) is 19.8 Å². The molecule has 0 fully saturated rings. The Morgan fingerprint density at radius 3 is 2.54 bits per heavy atom. The summed E-state index contributed by atoms with van der Waals surface area (Å²) >= 11 is 1.42. The van der Waals surface area contributed by atoms with Gasteiger partial charge in [-0.2, -0.15) is 9.61 Å². The third-order valence-electron chi connectivity index (χ3n) is 3.52. The maximum Gasteiger partial charge on any atom is 0.235 e. The molecule has 0 bridgehead atoms. The summed E-state index contributed by atoms with van der Waals surface area (Å²) in [5, 5.41) is 13.5. The third kappa shape index (κ3) is 2.85. The summed E-state index contributed by atoms with van der Waals surface area (Å²) in [6.07, 6.45) is 0. The van der Waals surface area contributed by atoms with E-state index in [-0.39, 0.29) is 5.82 Å². The molecule has 2 aromatic heterocycles. The average Bonchev–Trinajstić information content (AvgIpc) is 3.15. The fourth-order valence-corrected chi connectivity index (χ4v) is 3.02. The number of nitrogens with zero attached hydrogens (tertiary/aromatic N) is 4. The number of halogens is 1. The Labute approximate surface area is 141 Å². The Balaban J connectivity index is 1.57. The Morgan fingerprint density at radius 2 is 1.79 bits per heavy atom. The highest BCUT2D eigenvalue weighted by Gasteiger charge is 2.13. The van der Waals surface area contributed by atoms with Gasteiger partial charge in [-0.3, -0.25) is 0 Å². The van der Waals surface area contributed by atoms with Gasteiger partial charge in [0.15, 0.2) is 10.8 Å². The first kappa shape index (κ1) is 14.8. The zero-order valence-electron chi connectivity index (χ0n) is 12.8. The van der Waals surface area contributed by atoms with Crippen LogP contribution in [0.1, 0.15) is 10.6 Å². The van der Waals surface area contributed by atoms with Crippen molar-refractivity contribution in [2.75, 3.05) is 0 Å². The molecule has 24 heavy (non-hydrogen) atoms. The molecule has 0 aliphatic carbocycles. The zero-order valence-corrected chi connectivity index (χ0v) is 13.6. The summed E-state index contributed by atoms with van der Waals surface area (Å²) in [5.74, 6) is 1.10. The minimum Gasteiger partial charge on any atom is -0.486 e. The van der Waals surface area contributed by atoms with Crippen molar-refractivity contribution >= 4 is 16.3 Å². The predicted octanol–water partition coefficient (Wildman–Crippen LogP) is 3.88. The Bertz CT molecular complexity index is 976. The van der Waals surface area contributed by atoms with Crippen LogP contribution in [0.4, 0.5) is 4.39 Å². The Kier molecular flexibility index (Phi) is 3.70. The molecule has 2 heterocycles. The van der Waals surface area contributed by atoms with Gasteiger partial charge in [-0.1, -0.05) is 29.0 Å². The summed E-state index contributed by atoms with van der Waals surface area (Å²) in [5.41, 5.74) is 1.95. The minimum atomic E-state index is -0.287. The molecular formula is C17H13FN4OS. The smallest absolute Gasteiger partial charge is 0.235 e. The predicted molar refractivity (Wildman–Crippen MR) is 89.6 cm³/mol. The average molecular weight is 340 g/mol. The van der Waals surface area contributed by atoms with Crippen LogP contribution < -0.4 is 4.74 Å². The lowest BCUT2D eigenvalue weighted by Crippen LogP contribution is -1.97. The van der Waals surface area contributed by atoms with Crippen molar-refractivity contribution in [1.29, 1.82) is 0 Å². The molecule has 7 heteroatoms. The Hall–Kier alpha value is -2.80. The molecule has 0 radical (unpaired) electrons. The molecule has 0 saturated heterocycles. The lowest BCUT2D eigenvalue weighted by molar-refractivity contribution is 0.304. The van der Waals surface area contributed by atoms with Crippen molar-refractivity contribution in [3.63, 3.8) is 0 Å². The fourth-order valence-electron chi connectivity index (χ4n) is 2.27. The van der Waals surface area contributed by atoms with Crippen LogP contribution >= 0.6 is 11.3 Å². The molecule has 4 aromatic rings. The summed E-state index contributed by atoms with van der Waals surface area (Å²) < 4.78 is 20.5. The number of benzene rings is 2. The highest BCUT2D eigenvalue weighted by molar-refractivity contribution is 7.16. The summed E-state index contributed by atoms with van der Waals surface area (Å²) in [7, 11) is 0. The fraction of sp³-hybridized carbons (Fsp3) is 0.118. The van der Waals surface area contributed by atoms with Crippen LogP contribution in [0.3, 0.4) is 0 Å². The highest BCUT2D eigenvalue weighted by Crippen LogP contribution is 2.23. The standard InChI is InChI=1S/C17H13FN4OS/c1-11-2-8-14(9-3-11)23-10-15-21-22-16(19-20-17(22)24-15)12-4-6-13(18)7-5-12/h2-9H,10H2,1H3. The van der Waals surface area contributed by atoms with E-state index in [0.29, 0.717) is 17.4 Å². The van der Waals surface area contributed by atoms with E-state index in [4.69, 9.17) is 4.74 Å². The van der Waals surface area contributed by atoms with Crippen molar-refractivity contribution < 1.29 is 9.13 Å². The maximum atomic E-state index is 13.1. The summed E-state index contributed by atoms with van der Waals surface area (Å²) in [4.78, 5) is 0.678. The lowest BCUT2D eigenvalue weighted by Gasteiger charge is -2.03. The molecule has 5 nitrogen and oxygen atoms in total. The minimum absolute atomic E-state index is 0.287. The van der Waals surface area contributed by atoms with Crippen LogP contribution in [0, 0.1) is 12.7 Å². The number of aromatic nitrogens is 4. The van der Waals surface area contributed by atoms with Gasteiger partial charge in [-0.05, 0) is 43.3 Å². The molecule has 120 valence electrons. The van der Waals surface area contributed by atoms with E-state index in [1.165, 1.54) is 29.0 Å². The van der Waals surface area contributed by atoms with Crippen LogP contribution in [0.2, 0.25) is 0 Å². The molecule has 0 spiro atoms. The second kappa shape index (κ2) is 6.01. The molecular weight excluding hydrogens is 327 g/mol. The van der Waals surface area contributed by atoms with Crippen LogP contribution in [-0.4, -0.2) is 19.8 Å². The van der Waals surface area contributed by atoms with E-state index < -0.39 is 0 Å². The second-order valence-corrected chi connectivity index (χ2v) is 6.36. The van der Waals surface area contributed by atoms with E-state index in [1.54, 1.807) is 16.6 Å². The number of fused-ring (bicyclic) bond motifs is 1. The number of hydrogen-bond donors (Lipinski definition) is 0. The van der Waals surface area contributed by atoms with Crippen LogP contribution in [-0.2, 0) is 6.61 Å². The van der Waals surface area contributed by atoms with E-state index in [2.05, 4.69) is 15.3 Å². The third-order valence-corrected chi connectivity index (χ3v) is 4.39. The first-order valence-electron chi connectivity index (χ1n) is 7.35. The molecule has 0 saturated carbocycles. The molecule has 0 N–H and O–H groups in total. The normalized spacial score (nSPS) is 11.1. The highest BCUT2D eigenvalue weighted by atomic mass is 32.1. The quantitative estimate of drug-likeness (QED) is 0.566. The molecule has 0 amide bonds. The van der Waals surface area contributed by atoms with Crippen molar-refractivity contribution in [2.24, 2.45) is 0 Å². The molecule has 4 rings (SSSR count).